The lowest BCUT2D eigenvalue weighted by Gasteiger charge is -2.19. The van der Waals surface area contributed by atoms with Gasteiger partial charge in [0, 0.05) is 0 Å². The van der Waals surface area contributed by atoms with Gasteiger partial charge in [-0.3, -0.25) is 0 Å². The number of carbonyl (C=O) groups is 2. The van der Waals surface area contributed by atoms with Crippen LogP contribution >= 0.6 is 0 Å². The van der Waals surface area contributed by atoms with Crippen molar-refractivity contribution in [3.05, 3.63) is 35.4 Å². The van der Waals surface area contributed by atoms with Gasteiger partial charge >= 0.3 is 11.9 Å². The lowest BCUT2D eigenvalue weighted by Crippen LogP contribution is -2.22. The minimum Gasteiger partial charge on any atom is -0.459 e. The van der Waals surface area contributed by atoms with Gasteiger partial charge < -0.3 is 9.47 Å². The summed E-state index contributed by atoms with van der Waals surface area (Å²) < 4.78 is 11.7. The second-order valence-electron chi connectivity index (χ2n) is 10.9. The molecule has 0 N–H and O–H groups in total. The van der Waals surface area contributed by atoms with E-state index in [0.29, 0.717) is 11.1 Å². The molecule has 0 aliphatic rings. The van der Waals surface area contributed by atoms with Crippen molar-refractivity contribution in [2.45, 2.75) is 168 Å². The maximum absolute atomic E-state index is 13.0. The van der Waals surface area contributed by atoms with Crippen LogP contribution in [0.5, 0.6) is 0 Å². The fourth-order valence-electron chi connectivity index (χ4n) is 4.97. The van der Waals surface area contributed by atoms with E-state index in [1.807, 2.05) is 0 Å². The third kappa shape index (κ3) is 15.5. The van der Waals surface area contributed by atoms with E-state index in [0.717, 1.165) is 38.5 Å². The molecule has 4 nitrogen and oxygen atoms in total. The lowest BCUT2D eigenvalue weighted by atomic mass is 10.0. The van der Waals surface area contributed by atoms with Crippen molar-refractivity contribution in [2.24, 2.45) is 0 Å². The quantitative estimate of drug-likeness (QED) is 0.0985. The van der Waals surface area contributed by atoms with Crippen molar-refractivity contribution in [2.75, 3.05) is 0 Å². The first-order valence-electron chi connectivity index (χ1n) is 16.1. The zero-order valence-corrected chi connectivity index (χ0v) is 25.2. The Labute approximate surface area is 234 Å². The normalized spacial score (nSPS) is 12.7. The molecule has 2 atom stereocenters. The number of hydrogen-bond acceptors (Lipinski definition) is 4. The van der Waals surface area contributed by atoms with E-state index in [9.17, 15) is 9.59 Å². The van der Waals surface area contributed by atoms with Crippen LogP contribution in [0.1, 0.15) is 177 Å². The molecule has 0 aromatic heterocycles. The Balaban J connectivity index is 2.49. The lowest BCUT2D eigenvalue weighted by molar-refractivity contribution is 0.0219. The van der Waals surface area contributed by atoms with E-state index in [-0.39, 0.29) is 12.2 Å². The fourth-order valence-corrected chi connectivity index (χ4v) is 4.97. The maximum Gasteiger partial charge on any atom is 0.339 e. The molecule has 0 bridgehead atoms. The van der Waals surface area contributed by atoms with E-state index >= 15 is 0 Å². The van der Waals surface area contributed by atoms with E-state index in [2.05, 4.69) is 27.7 Å². The van der Waals surface area contributed by atoms with Crippen LogP contribution in [0.15, 0.2) is 24.3 Å². The molecule has 0 amide bonds. The van der Waals surface area contributed by atoms with Crippen LogP contribution in [-0.4, -0.2) is 24.1 Å². The molecule has 38 heavy (non-hydrogen) atoms. The highest BCUT2D eigenvalue weighted by molar-refractivity contribution is 6.03. The molecule has 1 rings (SSSR count). The van der Waals surface area contributed by atoms with E-state index < -0.39 is 11.9 Å². The van der Waals surface area contributed by atoms with Gasteiger partial charge in [-0.05, 0) is 50.7 Å². The predicted molar refractivity (Wildman–Crippen MR) is 160 cm³/mol. The maximum atomic E-state index is 13.0. The molecular formula is C34H58O4. The third-order valence-corrected chi connectivity index (χ3v) is 7.58. The first-order chi connectivity index (χ1) is 18.6. The smallest absolute Gasteiger partial charge is 0.339 e. The molecule has 0 saturated heterocycles. The van der Waals surface area contributed by atoms with Crippen LogP contribution in [0.4, 0.5) is 0 Å². The monoisotopic (exact) mass is 530 g/mol. The van der Waals surface area contributed by atoms with Gasteiger partial charge in [0.2, 0.25) is 0 Å². The summed E-state index contributed by atoms with van der Waals surface area (Å²) in [6, 6.07) is 6.93. The van der Waals surface area contributed by atoms with Gasteiger partial charge in [0.05, 0.1) is 11.1 Å². The summed E-state index contributed by atoms with van der Waals surface area (Å²) in [5.41, 5.74) is 0.627. The molecular weight excluding hydrogens is 472 g/mol. The van der Waals surface area contributed by atoms with Gasteiger partial charge in [-0.2, -0.15) is 0 Å². The first-order valence-corrected chi connectivity index (χ1v) is 16.1. The van der Waals surface area contributed by atoms with Crippen molar-refractivity contribution in [3.63, 3.8) is 0 Å². The van der Waals surface area contributed by atoms with Crippen LogP contribution in [0.2, 0.25) is 0 Å². The summed E-state index contributed by atoms with van der Waals surface area (Å²) in [5.74, 6) is -0.833. The summed E-state index contributed by atoms with van der Waals surface area (Å²) in [7, 11) is 0. The molecule has 0 aliphatic carbocycles. The number of benzene rings is 1. The Bertz CT molecular complexity index is 668. The average Bonchev–Trinajstić information content (AvgIpc) is 2.94. The molecule has 0 spiro atoms. The number of hydrogen-bond donors (Lipinski definition) is 0. The Morgan fingerprint density at radius 2 is 0.842 bits per heavy atom. The minimum absolute atomic E-state index is 0.114. The second-order valence-corrected chi connectivity index (χ2v) is 10.9. The van der Waals surface area contributed by atoms with Crippen molar-refractivity contribution in [1.29, 1.82) is 0 Å². The van der Waals surface area contributed by atoms with Crippen molar-refractivity contribution in [1.82, 2.24) is 0 Å². The first kappa shape index (κ1) is 34.2. The van der Waals surface area contributed by atoms with Crippen molar-refractivity contribution < 1.29 is 19.1 Å². The average molecular weight is 531 g/mol. The zero-order chi connectivity index (χ0) is 27.8. The second kappa shape index (κ2) is 23.1. The summed E-state index contributed by atoms with van der Waals surface area (Å²) in [4.78, 5) is 26.1. The molecule has 218 valence electrons. The third-order valence-electron chi connectivity index (χ3n) is 7.58. The molecule has 1 aromatic rings. The van der Waals surface area contributed by atoms with Crippen molar-refractivity contribution >= 4 is 11.9 Å². The van der Waals surface area contributed by atoms with Gasteiger partial charge in [-0.1, -0.05) is 130 Å². The van der Waals surface area contributed by atoms with Gasteiger partial charge in [0.25, 0.3) is 0 Å². The van der Waals surface area contributed by atoms with E-state index in [4.69, 9.17) is 9.47 Å². The van der Waals surface area contributed by atoms with Gasteiger partial charge in [-0.25, -0.2) is 9.59 Å². The number of rotatable bonds is 24. The standard InChI is InChI=1S/C34H58O4/c1-5-9-11-13-15-17-19-21-25-29(7-3)37-33(35)31-27-23-24-28-32(31)34(36)38-30(8-4)26-22-20-18-16-14-12-10-6-2/h23-24,27-30H,5-22,25-26H2,1-4H3. The predicted octanol–water partition coefficient (Wildman–Crippen LogP) is 10.6. The minimum atomic E-state index is -0.417. The molecule has 0 saturated carbocycles. The summed E-state index contributed by atoms with van der Waals surface area (Å²) in [6.45, 7) is 8.60. The highest BCUT2D eigenvalue weighted by atomic mass is 16.5. The van der Waals surface area contributed by atoms with Gasteiger partial charge in [0.15, 0.2) is 0 Å². The van der Waals surface area contributed by atoms with Crippen LogP contribution in [-0.2, 0) is 9.47 Å². The summed E-state index contributed by atoms with van der Waals surface area (Å²) >= 11 is 0. The van der Waals surface area contributed by atoms with Crippen molar-refractivity contribution in [3.8, 4) is 0 Å². The Kier molecular flexibility index (Phi) is 20.8. The highest BCUT2D eigenvalue weighted by Gasteiger charge is 2.23. The van der Waals surface area contributed by atoms with Crippen LogP contribution in [0.25, 0.3) is 0 Å². The summed E-state index contributed by atoms with van der Waals surface area (Å²) in [6.07, 6.45) is 23.2. The molecule has 0 radical (unpaired) electrons. The Morgan fingerprint density at radius 3 is 1.16 bits per heavy atom. The Hall–Kier alpha value is -1.84. The van der Waals surface area contributed by atoms with Crippen LogP contribution in [0, 0.1) is 0 Å². The Morgan fingerprint density at radius 1 is 0.526 bits per heavy atom. The molecule has 0 heterocycles. The SMILES string of the molecule is CCCCCCCCCCC(CC)OC(=O)c1ccccc1C(=O)OC(CC)CCCCCCCCCC. The number of ether oxygens (including phenoxy) is 2. The molecule has 0 aliphatic heterocycles. The number of esters is 2. The topological polar surface area (TPSA) is 52.6 Å². The number of carbonyl (C=O) groups excluding carboxylic acids is 2. The summed E-state index contributed by atoms with van der Waals surface area (Å²) in [5, 5.41) is 0. The number of unbranched alkanes of at least 4 members (excludes halogenated alkanes) is 14. The van der Waals surface area contributed by atoms with Crippen LogP contribution in [0.3, 0.4) is 0 Å². The van der Waals surface area contributed by atoms with E-state index in [1.54, 1.807) is 24.3 Å². The molecule has 1 aromatic carbocycles. The largest absolute Gasteiger partial charge is 0.459 e. The van der Waals surface area contributed by atoms with Gasteiger partial charge in [0.1, 0.15) is 12.2 Å². The van der Waals surface area contributed by atoms with Crippen LogP contribution < -0.4 is 0 Å². The fraction of sp³-hybridized carbons (Fsp3) is 0.765. The zero-order valence-electron chi connectivity index (χ0n) is 25.2. The molecule has 0 fully saturated rings. The molecule has 2 unspecified atom stereocenters. The van der Waals surface area contributed by atoms with E-state index in [1.165, 1.54) is 89.9 Å². The molecule has 4 heteroatoms. The highest BCUT2D eigenvalue weighted by Crippen LogP contribution is 2.20. The van der Waals surface area contributed by atoms with Gasteiger partial charge in [-0.15, -0.1) is 0 Å².